The zero-order chi connectivity index (χ0) is 22.2. The third-order valence-electron chi connectivity index (χ3n) is 6.16. The number of rotatable bonds is 6. The highest BCUT2D eigenvalue weighted by molar-refractivity contribution is 5.92. The van der Waals surface area contributed by atoms with Crippen LogP contribution in [0.4, 0.5) is 21.0 Å². The summed E-state index contributed by atoms with van der Waals surface area (Å²) < 4.78 is 0. The number of carbonyl (C=O) groups excluding carboxylic acids is 3. The Labute approximate surface area is 184 Å². The zero-order valence-electron chi connectivity index (χ0n) is 18.6. The number of nitrogens with zero attached hydrogens (tertiary/aromatic N) is 1. The van der Waals surface area contributed by atoms with E-state index < -0.39 is 0 Å². The molecule has 3 rings (SSSR count). The fourth-order valence-electron chi connectivity index (χ4n) is 4.10. The molecule has 0 aromatic heterocycles. The van der Waals surface area contributed by atoms with E-state index in [2.05, 4.69) is 21.3 Å². The molecule has 2 fully saturated rings. The van der Waals surface area contributed by atoms with E-state index in [-0.39, 0.29) is 36.0 Å². The largest absolute Gasteiger partial charge is 0.353 e. The first-order chi connectivity index (χ1) is 14.9. The van der Waals surface area contributed by atoms with Crippen LogP contribution in [0.2, 0.25) is 0 Å². The van der Waals surface area contributed by atoms with Crippen LogP contribution >= 0.6 is 0 Å². The Balaban J connectivity index is 1.47. The van der Waals surface area contributed by atoms with E-state index in [0.29, 0.717) is 24.5 Å². The Hall–Kier alpha value is -2.77. The fourth-order valence-corrected chi connectivity index (χ4v) is 4.10. The van der Waals surface area contributed by atoms with Gasteiger partial charge in [-0.15, -0.1) is 0 Å². The second kappa shape index (κ2) is 11.0. The molecule has 1 aliphatic heterocycles. The number of nitrogens with one attached hydrogen (secondary N) is 4. The number of piperidine rings is 1. The third kappa shape index (κ3) is 6.87. The molecule has 8 heteroatoms. The molecule has 4 N–H and O–H groups in total. The normalized spacial score (nSPS) is 20.1. The lowest BCUT2D eigenvalue weighted by Crippen LogP contribution is -2.48. The predicted octanol–water partition coefficient (Wildman–Crippen LogP) is 3.91. The van der Waals surface area contributed by atoms with Crippen LogP contribution in [0.15, 0.2) is 24.3 Å². The van der Waals surface area contributed by atoms with Gasteiger partial charge in [0.2, 0.25) is 5.91 Å². The zero-order valence-corrected chi connectivity index (χ0v) is 18.6. The Kier molecular flexibility index (Phi) is 8.14. The van der Waals surface area contributed by atoms with Crippen LogP contribution in [-0.4, -0.2) is 48.0 Å². The van der Waals surface area contributed by atoms with Crippen LogP contribution in [0.3, 0.4) is 0 Å². The van der Waals surface area contributed by atoms with Crippen LogP contribution in [0.5, 0.6) is 0 Å². The number of hydrogen-bond donors (Lipinski definition) is 4. The standard InChI is InChI=1S/C23H35N5O3/c1-3-16(2)24-21(29)17-7-6-14-28(15-17)23(31)27-20-12-10-19(11-13-20)26-22(30)25-18-8-4-5-9-18/h10-13,16-18H,3-9,14-15H2,1-2H3,(H,24,29)(H,27,31)(H2,25,26,30)/t16-,17-/m0/s1. The van der Waals surface area contributed by atoms with Gasteiger partial charge in [-0.25, -0.2) is 9.59 Å². The van der Waals surface area contributed by atoms with Crippen molar-refractivity contribution in [3.05, 3.63) is 24.3 Å². The summed E-state index contributed by atoms with van der Waals surface area (Å²) in [4.78, 5) is 38.9. The molecule has 1 heterocycles. The summed E-state index contributed by atoms with van der Waals surface area (Å²) in [6.45, 7) is 5.09. The van der Waals surface area contributed by atoms with E-state index in [0.717, 1.165) is 32.1 Å². The molecule has 1 saturated carbocycles. The second-order valence-corrected chi connectivity index (χ2v) is 8.69. The lowest BCUT2D eigenvalue weighted by atomic mass is 9.97. The van der Waals surface area contributed by atoms with Crippen molar-refractivity contribution >= 4 is 29.3 Å². The van der Waals surface area contributed by atoms with Crippen molar-refractivity contribution in [2.24, 2.45) is 5.92 Å². The summed E-state index contributed by atoms with van der Waals surface area (Å²) in [5.41, 5.74) is 1.33. The molecule has 0 unspecified atom stereocenters. The Bertz CT molecular complexity index is 761. The first-order valence-electron chi connectivity index (χ1n) is 11.5. The van der Waals surface area contributed by atoms with Crippen LogP contribution in [0, 0.1) is 5.92 Å². The van der Waals surface area contributed by atoms with Crippen molar-refractivity contribution < 1.29 is 14.4 Å². The number of carbonyl (C=O) groups is 3. The topological polar surface area (TPSA) is 103 Å². The minimum atomic E-state index is -0.208. The molecule has 1 aliphatic carbocycles. The summed E-state index contributed by atoms with van der Waals surface area (Å²) in [5, 5.41) is 11.7. The molecule has 1 aromatic carbocycles. The quantitative estimate of drug-likeness (QED) is 0.551. The number of urea groups is 2. The molecule has 1 saturated heterocycles. The highest BCUT2D eigenvalue weighted by Gasteiger charge is 2.29. The van der Waals surface area contributed by atoms with Gasteiger partial charge in [-0.1, -0.05) is 19.8 Å². The van der Waals surface area contributed by atoms with Crippen molar-refractivity contribution in [1.82, 2.24) is 15.5 Å². The fraction of sp³-hybridized carbons (Fsp3) is 0.609. The lowest BCUT2D eigenvalue weighted by molar-refractivity contribution is -0.126. The van der Waals surface area contributed by atoms with Gasteiger partial charge in [0.25, 0.3) is 0 Å². The van der Waals surface area contributed by atoms with Gasteiger partial charge < -0.3 is 26.2 Å². The van der Waals surface area contributed by atoms with Gasteiger partial charge in [0, 0.05) is 36.5 Å². The summed E-state index contributed by atoms with van der Waals surface area (Å²) in [7, 11) is 0. The Morgan fingerprint density at radius 1 is 1.00 bits per heavy atom. The van der Waals surface area contributed by atoms with Crippen molar-refractivity contribution in [2.75, 3.05) is 23.7 Å². The van der Waals surface area contributed by atoms with Gasteiger partial charge in [0.15, 0.2) is 0 Å². The van der Waals surface area contributed by atoms with Gasteiger partial charge in [-0.2, -0.15) is 0 Å². The maximum atomic E-state index is 12.7. The van der Waals surface area contributed by atoms with E-state index >= 15 is 0 Å². The number of anilines is 2. The van der Waals surface area contributed by atoms with Gasteiger partial charge in [-0.3, -0.25) is 4.79 Å². The summed E-state index contributed by atoms with van der Waals surface area (Å²) in [5.74, 6) is -0.142. The van der Waals surface area contributed by atoms with E-state index in [4.69, 9.17) is 0 Å². The number of hydrogen-bond acceptors (Lipinski definition) is 3. The van der Waals surface area contributed by atoms with Crippen molar-refractivity contribution in [3.63, 3.8) is 0 Å². The Morgan fingerprint density at radius 2 is 1.65 bits per heavy atom. The van der Waals surface area contributed by atoms with Crippen molar-refractivity contribution in [3.8, 4) is 0 Å². The van der Waals surface area contributed by atoms with Crippen LogP contribution in [0.1, 0.15) is 58.8 Å². The maximum Gasteiger partial charge on any atom is 0.321 e. The summed E-state index contributed by atoms with van der Waals surface area (Å²) in [6, 6.07) is 7.06. The molecule has 0 bridgehead atoms. The SMILES string of the molecule is CC[C@H](C)NC(=O)[C@H]1CCCN(C(=O)Nc2ccc(NC(=O)NC3CCCC3)cc2)C1. The highest BCUT2D eigenvalue weighted by Crippen LogP contribution is 2.20. The molecule has 5 amide bonds. The minimum absolute atomic E-state index is 0.0261. The maximum absolute atomic E-state index is 12.7. The molecule has 0 spiro atoms. The van der Waals surface area contributed by atoms with Crippen molar-refractivity contribution in [1.29, 1.82) is 0 Å². The highest BCUT2D eigenvalue weighted by atomic mass is 16.2. The monoisotopic (exact) mass is 429 g/mol. The Morgan fingerprint density at radius 3 is 2.29 bits per heavy atom. The molecular weight excluding hydrogens is 394 g/mol. The van der Waals surface area contributed by atoms with Gasteiger partial charge >= 0.3 is 12.1 Å². The molecule has 31 heavy (non-hydrogen) atoms. The van der Waals surface area contributed by atoms with E-state index in [1.165, 1.54) is 12.8 Å². The number of benzene rings is 1. The van der Waals surface area contributed by atoms with Gasteiger partial charge in [-0.05, 0) is 63.3 Å². The molecule has 2 aliphatic rings. The average molecular weight is 430 g/mol. The van der Waals surface area contributed by atoms with Gasteiger partial charge in [0.1, 0.15) is 0 Å². The van der Waals surface area contributed by atoms with Crippen LogP contribution in [0.25, 0.3) is 0 Å². The van der Waals surface area contributed by atoms with Crippen molar-refractivity contribution in [2.45, 2.75) is 70.9 Å². The van der Waals surface area contributed by atoms with E-state index in [9.17, 15) is 14.4 Å². The molecule has 0 radical (unpaired) electrons. The van der Waals surface area contributed by atoms with Crippen LogP contribution in [-0.2, 0) is 4.79 Å². The first kappa shape index (κ1) is 22.9. The summed E-state index contributed by atoms with van der Waals surface area (Å²) in [6.07, 6.45) is 6.90. The van der Waals surface area contributed by atoms with Gasteiger partial charge in [0.05, 0.1) is 5.92 Å². The average Bonchev–Trinajstić information content (AvgIpc) is 3.28. The lowest BCUT2D eigenvalue weighted by Gasteiger charge is -2.32. The molecular formula is C23H35N5O3. The second-order valence-electron chi connectivity index (χ2n) is 8.69. The molecule has 2 atom stereocenters. The minimum Gasteiger partial charge on any atom is -0.353 e. The van der Waals surface area contributed by atoms with E-state index in [1.54, 1.807) is 29.2 Å². The first-order valence-corrected chi connectivity index (χ1v) is 11.5. The van der Waals surface area contributed by atoms with Crippen LogP contribution < -0.4 is 21.3 Å². The van der Waals surface area contributed by atoms with E-state index in [1.807, 2.05) is 13.8 Å². The predicted molar refractivity (Wildman–Crippen MR) is 122 cm³/mol. The summed E-state index contributed by atoms with van der Waals surface area (Å²) >= 11 is 0. The number of amides is 5. The molecule has 1 aromatic rings. The molecule has 170 valence electrons. The molecule has 8 nitrogen and oxygen atoms in total. The smallest absolute Gasteiger partial charge is 0.321 e. The number of likely N-dealkylation sites (tertiary alicyclic amines) is 1. The third-order valence-corrected chi connectivity index (χ3v) is 6.16.